The summed E-state index contributed by atoms with van der Waals surface area (Å²) in [7, 11) is 0. The molecule has 0 radical (unpaired) electrons. The van der Waals surface area contributed by atoms with Crippen LogP contribution in [0, 0.1) is 29.1 Å². The molecule has 31 heavy (non-hydrogen) atoms. The standard InChI is InChI=1S/C25H17F5O/c1-2-14-3-6-16(7-4-14)17-10-21(27)25(22(28)11-17)31-13-15-5-8-19-18(9-15)12-20(26)24(30)23(19)29/h3-12H,2,13H2,1H3. The molecule has 0 N–H and O–H groups in total. The van der Waals surface area contributed by atoms with Crippen molar-refractivity contribution in [3.05, 3.63) is 101 Å². The van der Waals surface area contributed by atoms with E-state index in [-0.39, 0.29) is 17.4 Å². The Labute approximate surface area is 175 Å². The molecule has 0 amide bonds. The molecule has 4 aromatic rings. The first kappa shape index (κ1) is 20.8. The molecule has 158 valence electrons. The normalized spacial score (nSPS) is 11.2. The van der Waals surface area contributed by atoms with Gasteiger partial charge in [0.05, 0.1) is 0 Å². The average molecular weight is 428 g/mol. The van der Waals surface area contributed by atoms with E-state index in [1.807, 2.05) is 19.1 Å². The van der Waals surface area contributed by atoms with Gasteiger partial charge in [0.15, 0.2) is 34.8 Å². The van der Waals surface area contributed by atoms with E-state index < -0.39 is 34.8 Å². The molecule has 0 atom stereocenters. The van der Waals surface area contributed by atoms with Crippen molar-refractivity contribution in [1.82, 2.24) is 0 Å². The maximum atomic E-state index is 14.5. The van der Waals surface area contributed by atoms with Crippen molar-refractivity contribution in [3.8, 4) is 16.9 Å². The number of fused-ring (bicyclic) bond motifs is 1. The highest BCUT2D eigenvalue weighted by Crippen LogP contribution is 2.30. The first-order valence-electron chi connectivity index (χ1n) is 9.64. The van der Waals surface area contributed by atoms with Crippen molar-refractivity contribution in [2.75, 3.05) is 0 Å². The lowest BCUT2D eigenvalue weighted by Gasteiger charge is -2.12. The summed E-state index contributed by atoms with van der Waals surface area (Å²) in [5, 5.41) is 0.0165. The molecule has 0 aliphatic heterocycles. The van der Waals surface area contributed by atoms with Crippen molar-refractivity contribution >= 4 is 10.8 Å². The van der Waals surface area contributed by atoms with E-state index in [2.05, 4.69) is 0 Å². The van der Waals surface area contributed by atoms with Gasteiger partial charge < -0.3 is 4.74 Å². The van der Waals surface area contributed by atoms with Crippen LogP contribution in [-0.2, 0) is 13.0 Å². The van der Waals surface area contributed by atoms with Crippen LogP contribution in [0.25, 0.3) is 21.9 Å². The van der Waals surface area contributed by atoms with Crippen LogP contribution in [-0.4, -0.2) is 0 Å². The van der Waals surface area contributed by atoms with Gasteiger partial charge in [-0.05, 0) is 58.3 Å². The molecular weight excluding hydrogens is 411 g/mol. The number of hydrogen-bond acceptors (Lipinski definition) is 1. The Morgan fingerprint density at radius 3 is 1.94 bits per heavy atom. The van der Waals surface area contributed by atoms with Gasteiger partial charge >= 0.3 is 0 Å². The minimum absolute atomic E-state index is 0.0987. The molecule has 4 rings (SSSR count). The Hall–Kier alpha value is -3.41. The SMILES string of the molecule is CCc1ccc(-c2cc(F)c(OCc3ccc4c(F)c(F)c(F)cc4c3)c(F)c2)cc1. The van der Waals surface area contributed by atoms with Crippen LogP contribution in [0.1, 0.15) is 18.1 Å². The third kappa shape index (κ3) is 4.10. The first-order chi connectivity index (χ1) is 14.9. The van der Waals surface area contributed by atoms with Crippen molar-refractivity contribution in [2.24, 2.45) is 0 Å². The van der Waals surface area contributed by atoms with Crippen LogP contribution < -0.4 is 4.74 Å². The molecule has 0 spiro atoms. The van der Waals surface area contributed by atoms with Gasteiger partial charge in [0.1, 0.15) is 6.61 Å². The van der Waals surface area contributed by atoms with Crippen LogP contribution in [0.5, 0.6) is 5.75 Å². The second-order valence-corrected chi connectivity index (χ2v) is 7.15. The van der Waals surface area contributed by atoms with Crippen molar-refractivity contribution < 1.29 is 26.7 Å². The Kier molecular flexibility index (Phi) is 5.63. The van der Waals surface area contributed by atoms with E-state index >= 15 is 0 Å². The average Bonchev–Trinajstić information content (AvgIpc) is 2.77. The molecule has 0 saturated carbocycles. The van der Waals surface area contributed by atoms with Gasteiger partial charge in [-0.3, -0.25) is 0 Å². The van der Waals surface area contributed by atoms with Crippen LogP contribution >= 0.6 is 0 Å². The molecule has 0 heterocycles. The summed E-state index contributed by atoms with van der Waals surface area (Å²) in [6, 6.07) is 14.7. The smallest absolute Gasteiger partial charge is 0.195 e. The number of aryl methyl sites for hydroxylation is 1. The van der Waals surface area contributed by atoms with Crippen LogP contribution in [0.15, 0.2) is 60.7 Å². The maximum absolute atomic E-state index is 14.5. The predicted molar refractivity (Wildman–Crippen MR) is 109 cm³/mol. The monoisotopic (exact) mass is 428 g/mol. The zero-order chi connectivity index (χ0) is 22.1. The van der Waals surface area contributed by atoms with Gasteiger partial charge in [0.25, 0.3) is 0 Å². The van der Waals surface area contributed by atoms with E-state index in [0.717, 1.165) is 18.1 Å². The lowest BCUT2D eigenvalue weighted by atomic mass is 10.0. The van der Waals surface area contributed by atoms with E-state index in [4.69, 9.17) is 4.74 Å². The molecule has 0 aliphatic carbocycles. The van der Waals surface area contributed by atoms with E-state index in [9.17, 15) is 22.0 Å². The van der Waals surface area contributed by atoms with Gasteiger partial charge in [-0.2, -0.15) is 0 Å². The Bertz CT molecular complexity index is 1240. The second-order valence-electron chi connectivity index (χ2n) is 7.15. The van der Waals surface area contributed by atoms with Gasteiger partial charge in [0.2, 0.25) is 0 Å². The van der Waals surface area contributed by atoms with Gasteiger partial charge in [-0.1, -0.05) is 43.3 Å². The Morgan fingerprint density at radius 2 is 1.29 bits per heavy atom. The zero-order valence-electron chi connectivity index (χ0n) is 16.5. The quantitative estimate of drug-likeness (QED) is 0.239. The number of benzene rings is 4. The van der Waals surface area contributed by atoms with Crippen LogP contribution in [0.4, 0.5) is 22.0 Å². The largest absolute Gasteiger partial charge is 0.483 e. The summed E-state index contributed by atoms with van der Waals surface area (Å²) in [4.78, 5) is 0. The number of ether oxygens (including phenoxy) is 1. The first-order valence-corrected chi connectivity index (χ1v) is 9.64. The predicted octanol–water partition coefficient (Wildman–Crippen LogP) is 7.34. The van der Waals surface area contributed by atoms with Gasteiger partial charge in [0, 0.05) is 5.39 Å². The summed E-state index contributed by atoms with van der Waals surface area (Å²) in [5.74, 6) is -6.44. The number of hydrogen-bond donors (Lipinski definition) is 0. The van der Waals surface area contributed by atoms with E-state index in [1.54, 1.807) is 12.1 Å². The fourth-order valence-corrected chi connectivity index (χ4v) is 3.40. The van der Waals surface area contributed by atoms with Crippen LogP contribution in [0.2, 0.25) is 0 Å². The number of rotatable bonds is 5. The fourth-order valence-electron chi connectivity index (χ4n) is 3.40. The summed E-state index contributed by atoms with van der Waals surface area (Å²) in [6.45, 7) is 1.77. The fraction of sp³-hybridized carbons (Fsp3) is 0.120. The third-order valence-corrected chi connectivity index (χ3v) is 5.11. The third-order valence-electron chi connectivity index (χ3n) is 5.11. The van der Waals surface area contributed by atoms with E-state index in [0.29, 0.717) is 16.7 Å². The Morgan fingerprint density at radius 1 is 0.645 bits per heavy atom. The molecule has 6 heteroatoms. The Balaban J connectivity index is 1.57. The molecule has 4 aromatic carbocycles. The molecule has 0 aliphatic rings. The van der Waals surface area contributed by atoms with Crippen LogP contribution in [0.3, 0.4) is 0 Å². The van der Waals surface area contributed by atoms with Crippen molar-refractivity contribution in [2.45, 2.75) is 20.0 Å². The van der Waals surface area contributed by atoms with E-state index in [1.165, 1.54) is 30.3 Å². The lowest BCUT2D eigenvalue weighted by Crippen LogP contribution is -2.01. The van der Waals surface area contributed by atoms with Crippen molar-refractivity contribution in [1.29, 1.82) is 0 Å². The van der Waals surface area contributed by atoms with Gasteiger partial charge in [-0.15, -0.1) is 0 Å². The van der Waals surface area contributed by atoms with Gasteiger partial charge in [-0.25, -0.2) is 22.0 Å². The molecule has 0 aromatic heterocycles. The summed E-state index contributed by atoms with van der Waals surface area (Å²) < 4.78 is 75.0. The summed E-state index contributed by atoms with van der Waals surface area (Å²) in [6.07, 6.45) is 0.860. The highest BCUT2D eigenvalue weighted by molar-refractivity contribution is 5.84. The molecule has 0 fully saturated rings. The molecule has 0 unspecified atom stereocenters. The highest BCUT2D eigenvalue weighted by atomic mass is 19.2. The van der Waals surface area contributed by atoms with Crippen molar-refractivity contribution in [3.63, 3.8) is 0 Å². The topological polar surface area (TPSA) is 9.23 Å². The molecule has 1 nitrogen and oxygen atoms in total. The summed E-state index contributed by atoms with van der Waals surface area (Å²) in [5.41, 5.74) is 2.58. The highest BCUT2D eigenvalue weighted by Gasteiger charge is 2.16. The maximum Gasteiger partial charge on any atom is 0.195 e. The second kappa shape index (κ2) is 8.38. The minimum Gasteiger partial charge on any atom is -0.483 e. The number of halogens is 5. The molecule has 0 saturated heterocycles. The lowest BCUT2D eigenvalue weighted by molar-refractivity contribution is 0.274. The minimum atomic E-state index is -1.55. The zero-order valence-corrected chi connectivity index (χ0v) is 16.5. The molecule has 0 bridgehead atoms. The molecular formula is C25H17F5O. The summed E-state index contributed by atoms with van der Waals surface area (Å²) >= 11 is 0.